The second-order valence-electron chi connectivity index (χ2n) is 4.74. The van der Waals surface area contributed by atoms with Crippen molar-refractivity contribution in [2.45, 2.75) is 53.1 Å². The van der Waals surface area contributed by atoms with Gasteiger partial charge >= 0.3 is 0 Å². The van der Waals surface area contributed by atoms with E-state index in [1.807, 2.05) is 11.7 Å². The predicted octanol–water partition coefficient (Wildman–Crippen LogP) is 2.51. The molecular formula is C13H25N3. The van der Waals surface area contributed by atoms with Gasteiger partial charge in [-0.3, -0.25) is 4.68 Å². The molecule has 1 rings (SSSR count). The van der Waals surface area contributed by atoms with E-state index in [1.165, 1.54) is 17.8 Å². The largest absolute Gasteiger partial charge is 0.308 e. The van der Waals surface area contributed by atoms with E-state index in [1.54, 1.807) is 0 Å². The summed E-state index contributed by atoms with van der Waals surface area (Å²) in [5, 5.41) is 8.06. The number of hydrogen-bond donors (Lipinski definition) is 1. The number of aryl methyl sites for hydroxylation is 2. The summed E-state index contributed by atoms with van der Waals surface area (Å²) in [6.45, 7) is 9.82. The summed E-state index contributed by atoms with van der Waals surface area (Å²) in [6, 6.07) is 2.79. The van der Waals surface area contributed by atoms with Crippen LogP contribution in [0.4, 0.5) is 0 Å². The summed E-state index contributed by atoms with van der Waals surface area (Å²) in [5.74, 6) is 0.684. The number of nitrogens with zero attached hydrogens (tertiary/aromatic N) is 2. The van der Waals surface area contributed by atoms with Crippen LogP contribution < -0.4 is 5.32 Å². The van der Waals surface area contributed by atoms with Gasteiger partial charge in [0, 0.05) is 19.6 Å². The Bertz CT molecular complexity index is 315. The fourth-order valence-corrected chi connectivity index (χ4v) is 2.00. The number of aromatic nitrogens is 2. The van der Waals surface area contributed by atoms with Gasteiger partial charge in [0.25, 0.3) is 0 Å². The molecule has 0 radical (unpaired) electrons. The van der Waals surface area contributed by atoms with Crippen LogP contribution in [0.1, 0.15) is 45.5 Å². The van der Waals surface area contributed by atoms with Crippen molar-refractivity contribution in [3.63, 3.8) is 0 Å². The summed E-state index contributed by atoms with van der Waals surface area (Å²) in [7, 11) is 2.02. The normalized spacial score (nSPS) is 13.4. The molecule has 1 unspecified atom stereocenters. The van der Waals surface area contributed by atoms with Crippen LogP contribution in [0.25, 0.3) is 0 Å². The number of nitrogens with one attached hydrogen (secondary N) is 1. The lowest BCUT2D eigenvalue weighted by atomic mass is 10.0. The Morgan fingerprint density at radius 3 is 2.50 bits per heavy atom. The van der Waals surface area contributed by atoms with E-state index in [0.717, 1.165) is 13.0 Å². The minimum absolute atomic E-state index is 0.597. The second kappa shape index (κ2) is 6.04. The minimum Gasteiger partial charge on any atom is -0.308 e. The van der Waals surface area contributed by atoms with E-state index in [9.17, 15) is 0 Å². The van der Waals surface area contributed by atoms with Crippen molar-refractivity contribution in [1.29, 1.82) is 0 Å². The molecule has 16 heavy (non-hydrogen) atoms. The predicted molar refractivity (Wildman–Crippen MR) is 68.3 cm³/mol. The highest BCUT2D eigenvalue weighted by molar-refractivity contribution is 5.10. The highest BCUT2D eigenvalue weighted by Gasteiger charge is 2.11. The smallest absolute Gasteiger partial charge is 0.0625 e. The third kappa shape index (κ3) is 3.34. The summed E-state index contributed by atoms with van der Waals surface area (Å²) in [4.78, 5) is 0. The SMILES string of the molecule is CCc1cc(CNC(CC)C(C)C)n(C)n1. The van der Waals surface area contributed by atoms with Gasteiger partial charge in [0.15, 0.2) is 0 Å². The quantitative estimate of drug-likeness (QED) is 0.803. The Morgan fingerprint density at radius 2 is 2.06 bits per heavy atom. The maximum absolute atomic E-state index is 4.45. The van der Waals surface area contributed by atoms with Crippen molar-refractivity contribution in [2.24, 2.45) is 13.0 Å². The zero-order valence-electron chi connectivity index (χ0n) is 11.2. The van der Waals surface area contributed by atoms with Crippen molar-refractivity contribution in [3.8, 4) is 0 Å². The first-order valence-corrected chi connectivity index (χ1v) is 6.33. The Hall–Kier alpha value is -0.830. The lowest BCUT2D eigenvalue weighted by molar-refractivity contribution is 0.382. The summed E-state index contributed by atoms with van der Waals surface area (Å²) >= 11 is 0. The zero-order valence-corrected chi connectivity index (χ0v) is 11.2. The van der Waals surface area contributed by atoms with Crippen molar-refractivity contribution in [1.82, 2.24) is 15.1 Å². The van der Waals surface area contributed by atoms with Gasteiger partial charge in [0.2, 0.25) is 0 Å². The second-order valence-corrected chi connectivity index (χ2v) is 4.74. The van der Waals surface area contributed by atoms with E-state index in [4.69, 9.17) is 0 Å². The van der Waals surface area contributed by atoms with Crippen LogP contribution in [0.15, 0.2) is 6.07 Å². The molecule has 0 aliphatic rings. The third-order valence-electron chi connectivity index (χ3n) is 3.18. The molecule has 1 aromatic rings. The maximum atomic E-state index is 4.45. The van der Waals surface area contributed by atoms with E-state index in [0.29, 0.717) is 12.0 Å². The van der Waals surface area contributed by atoms with Crippen LogP contribution in [0, 0.1) is 5.92 Å². The molecule has 1 N–H and O–H groups in total. The topological polar surface area (TPSA) is 29.9 Å². The fourth-order valence-electron chi connectivity index (χ4n) is 2.00. The zero-order chi connectivity index (χ0) is 12.1. The van der Waals surface area contributed by atoms with Crippen LogP contribution in [-0.4, -0.2) is 15.8 Å². The van der Waals surface area contributed by atoms with Gasteiger partial charge in [0.05, 0.1) is 11.4 Å². The van der Waals surface area contributed by atoms with Crippen LogP contribution in [0.2, 0.25) is 0 Å². The van der Waals surface area contributed by atoms with Crippen LogP contribution >= 0.6 is 0 Å². The molecule has 3 heteroatoms. The van der Waals surface area contributed by atoms with Gasteiger partial charge in [-0.2, -0.15) is 5.10 Å². The Kier molecular flexibility index (Phi) is 5.00. The molecular weight excluding hydrogens is 198 g/mol. The third-order valence-corrected chi connectivity index (χ3v) is 3.18. The molecule has 3 nitrogen and oxygen atoms in total. The molecule has 0 aliphatic heterocycles. The monoisotopic (exact) mass is 223 g/mol. The maximum Gasteiger partial charge on any atom is 0.0625 e. The van der Waals surface area contributed by atoms with Crippen molar-refractivity contribution < 1.29 is 0 Å². The van der Waals surface area contributed by atoms with Crippen LogP contribution in [0.5, 0.6) is 0 Å². The van der Waals surface area contributed by atoms with Gasteiger partial charge < -0.3 is 5.32 Å². The van der Waals surface area contributed by atoms with E-state index in [-0.39, 0.29) is 0 Å². The Balaban J connectivity index is 2.56. The number of rotatable bonds is 6. The summed E-state index contributed by atoms with van der Waals surface area (Å²) < 4.78 is 1.98. The highest BCUT2D eigenvalue weighted by atomic mass is 15.3. The van der Waals surface area contributed by atoms with Gasteiger partial charge in [-0.15, -0.1) is 0 Å². The molecule has 0 aromatic carbocycles. The highest BCUT2D eigenvalue weighted by Crippen LogP contribution is 2.08. The molecule has 0 aliphatic carbocycles. The standard InChI is InChI=1S/C13H25N3/c1-6-11-8-12(16(5)15-11)9-14-13(7-2)10(3)4/h8,10,13-14H,6-7,9H2,1-5H3. The summed E-state index contributed by atoms with van der Waals surface area (Å²) in [5.41, 5.74) is 2.45. The van der Waals surface area contributed by atoms with Gasteiger partial charge in [0.1, 0.15) is 0 Å². The Labute approximate surface area is 99.2 Å². The van der Waals surface area contributed by atoms with Crippen LogP contribution in [-0.2, 0) is 20.0 Å². The van der Waals surface area contributed by atoms with Crippen molar-refractivity contribution in [3.05, 3.63) is 17.5 Å². The first kappa shape index (κ1) is 13.2. The molecule has 1 heterocycles. The first-order chi connectivity index (χ1) is 7.58. The average Bonchev–Trinajstić information content (AvgIpc) is 2.60. The van der Waals surface area contributed by atoms with Crippen LogP contribution in [0.3, 0.4) is 0 Å². The van der Waals surface area contributed by atoms with E-state index >= 15 is 0 Å². The van der Waals surface area contributed by atoms with Crippen molar-refractivity contribution in [2.75, 3.05) is 0 Å². The van der Waals surface area contributed by atoms with E-state index in [2.05, 4.69) is 44.2 Å². The van der Waals surface area contributed by atoms with Gasteiger partial charge in [-0.05, 0) is 24.8 Å². The molecule has 92 valence electrons. The molecule has 0 saturated heterocycles. The fraction of sp³-hybridized carbons (Fsp3) is 0.769. The molecule has 0 amide bonds. The number of hydrogen-bond acceptors (Lipinski definition) is 2. The molecule has 0 fully saturated rings. The minimum atomic E-state index is 0.597. The summed E-state index contributed by atoms with van der Waals surface area (Å²) in [6.07, 6.45) is 2.19. The molecule has 1 aromatic heterocycles. The van der Waals surface area contributed by atoms with Crippen molar-refractivity contribution >= 4 is 0 Å². The Morgan fingerprint density at radius 1 is 1.38 bits per heavy atom. The molecule has 0 spiro atoms. The van der Waals surface area contributed by atoms with Gasteiger partial charge in [-0.1, -0.05) is 27.7 Å². The first-order valence-electron chi connectivity index (χ1n) is 6.33. The van der Waals surface area contributed by atoms with Gasteiger partial charge in [-0.25, -0.2) is 0 Å². The van der Waals surface area contributed by atoms with E-state index < -0.39 is 0 Å². The molecule has 1 atom stereocenters. The molecule has 0 saturated carbocycles. The lowest BCUT2D eigenvalue weighted by Gasteiger charge is -2.20. The molecule has 0 bridgehead atoms. The average molecular weight is 223 g/mol. The lowest BCUT2D eigenvalue weighted by Crippen LogP contribution is -2.33.